The molecule has 0 heterocycles. The lowest BCUT2D eigenvalue weighted by Gasteiger charge is -2.36. The first-order valence-corrected chi connectivity index (χ1v) is 8.22. The maximum absolute atomic E-state index is 12.0. The lowest BCUT2D eigenvalue weighted by atomic mass is 9.88. The van der Waals surface area contributed by atoms with E-state index in [9.17, 15) is 39.9 Å². The standard InChI is InChI=1S/C20H18O9/c21-14-6-1-12(2-7-14)5-10-16(23)29-17(18(24)25)20(28,19(26)27)11-13-3-8-15(22)9-4-13/h1-10,17,21-22,28H,11H2,(H,24,25)(H,26,27)/p-2/b10-5+/t17-,20-/m1/s1. The summed E-state index contributed by atoms with van der Waals surface area (Å²) in [6.07, 6.45) is -1.31. The zero-order valence-electron chi connectivity index (χ0n) is 14.8. The van der Waals surface area contributed by atoms with Gasteiger partial charge in [-0.1, -0.05) is 24.3 Å². The summed E-state index contributed by atoms with van der Waals surface area (Å²) in [6, 6.07) is 10.5. The molecule has 0 spiro atoms. The first-order chi connectivity index (χ1) is 13.6. The first-order valence-electron chi connectivity index (χ1n) is 8.22. The van der Waals surface area contributed by atoms with Crippen LogP contribution in [0.3, 0.4) is 0 Å². The molecule has 29 heavy (non-hydrogen) atoms. The third-order valence-electron chi connectivity index (χ3n) is 3.95. The van der Waals surface area contributed by atoms with Gasteiger partial charge in [-0.15, -0.1) is 0 Å². The van der Waals surface area contributed by atoms with Gasteiger partial charge in [0.05, 0.1) is 11.9 Å². The molecule has 0 amide bonds. The summed E-state index contributed by atoms with van der Waals surface area (Å²) in [6.45, 7) is 0. The average molecular weight is 400 g/mol. The first kappa shape index (κ1) is 21.5. The van der Waals surface area contributed by atoms with Crippen LogP contribution in [0.15, 0.2) is 54.6 Å². The Balaban J connectivity index is 2.22. The Morgan fingerprint density at radius 3 is 1.97 bits per heavy atom. The summed E-state index contributed by atoms with van der Waals surface area (Å²) in [5.41, 5.74) is -2.53. The van der Waals surface area contributed by atoms with Crippen LogP contribution in [0.1, 0.15) is 11.1 Å². The highest BCUT2D eigenvalue weighted by Gasteiger charge is 2.42. The summed E-state index contributed by atoms with van der Waals surface area (Å²) >= 11 is 0. The van der Waals surface area contributed by atoms with E-state index in [0.717, 1.165) is 6.08 Å². The molecular formula is C20H16O9-2. The summed E-state index contributed by atoms with van der Waals surface area (Å²) in [7, 11) is 0. The third kappa shape index (κ3) is 5.56. The molecule has 0 unspecified atom stereocenters. The number of carbonyl (C=O) groups excluding carboxylic acids is 3. The summed E-state index contributed by atoms with van der Waals surface area (Å²) in [5.74, 6) is -5.71. The molecule has 152 valence electrons. The number of phenols is 2. The van der Waals surface area contributed by atoms with Gasteiger partial charge in [0.25, 0.3) is 0 Å². The number of carbonyl (C=O) groups is 3. The second-order valence-electron chi connectivity index (χ2n) is 6.12. The fourth-order valence-electron chi connectivity index (χ4n) is 2.44. The summed E-state index contributed by atoms with van der Waals surface area (Å²) < 4.78 is 4.62. The van der Waals surface area contributed by atoms with Gasteiger partial charge in [0.2, 0.25) is 0 Å². The maximum atomic E-state index is 12.0. The van der Waals surface area contributed by atoms with Crippen LogP contribution in [-0.4, -0.2) is 44.9 Å². The Morgan fingerprint density at radius 2 is 1.48 bits per heavy atom. The van der Waals surface area contributed by atoms with E-state index in [1.165, 1.54) is 54.6 Å². The quantitative estimate of drug-likeness (QED) is 0.353. The van der Waals surface area contributed by atoms with E-state index >= 15 is 0 Å². The molecule has 0 saturated heterocycles. The number of hydrogen-bond donors (Lipinski definition) is 3. The molecule has 9 nitrogen and oxygen atoms in total. The van der Waals surface area contributed by atoms with Crippen molar-refractivity contribution in [1.29, 1.82) is 0 Å². The van der Waals surface area contributed by atoms with E-state index in [1.807, 2.05) is 0 Å². The number of phenolic OH excluding ortho intramolecular Hbond substituents is 2. The molecule has 2 rings (SSSR count). The van der Waals surface area contributed by atoms with Gasteiger partial charge >= 0.3 is 5.97 Å². The minimum atomic E-state index is -3.13. The molecule has 0 aliphatic rings. The van der Waals surface area contributed by atoms with Crippen molar-refractivity contribution in [2.75, 3.05) is 0 Å². The van der Waals surface area contributed by atoms with Gasteiger partial charge in [-0.05, 0) is 41.5 Å². The summed E-state index contributed by atoms with van der Waals surface area (Å²) in [4.78, 5) is 34.9. The van der Waals surface area contributed by atoms with Gasteiger partial charge in [-0.3, -0.25) is 0 Å². The van der Waals surface area contributed by atoms with Gasteiger partial charge in [0.1, 0.15) is 17.1 Å². The number of rotatable bonds is 8. The average Bonchev–Trinajstić information content (AvgIpc) is 2.67. The van der Waals surface area contributed by atoms with Crippen molar-refractivity contribution in [2.45, 2.75) is 18.1 Å². The predicted octanol–water partition coefficient (Wildman–Crippen LogP) is -1.50. The smallest absolute Gasteiger partial charge is 0.331 e. The lowest BCUT2D eigenvalue weighted by Crippen LogP contribution is -2.64. The Hall–Kier alpha value is -3.85. The number of esters is 1. The molecule has 0 aromatic heterocycles. The van der Waals surface area contributed by atoms with Gasteiger partial charge in [0, 0.05) is 12.5 Å². The van der Waals surface area contributed by atoms with Gasteiger partial charge in [-0.2, -0.15) is 0 Å². The molecule has 2 aromatic carbocycles. The minimum Gasteiger partial charge on any atom is -0.547 e. The Morgan fingerprint density at radius 1 is 0.966 bits per heavy atom. The van der Waals surface area contributed by atoms with Gasteiger partial charge < -0.3 is 39.9 Å². The third-order valence-corrected chi connectivity index (χ3v) is 3.95. The topological polar surface area (TPSA) is 167 Å². The van der Waals surface area contributed by atoms with Crippen LogP contribution in [-0.2, 0) is 25.5 Å². The summed E-state index contributed by atoms with van der Waals surface area (Å²) in [5, 5.41) is 51.8. The number of hydrogen-bond acceptors (Lipinski definition) is 9. The van der Waals surface area contributed by atoms with Crippen LogP contribution < -0.4 is 10.2 Å². The van der Waals surface area contributed by atoms with E-state index in [0.29, 0.717) is 5.56 Å². The van der Waals surface area contributed by atoms with E-state index in [1.54, 1.807) is 0 Å². The largest absolute Gasteiger partial charge is 0.547 e. The van der Waals surface area contributed by atoms with E-state index in [-0.39, 0.29) is 17.1 Å². The van der Waals surface area contributed by atoms with Crippen LogP contribution in [0.4, 0.5) is 0 Å². The highest BCUT2D eigenvalue weighted by Crippen LogP contribution is 2.22. The number of aromatic hydroxyl groups is 2. The normalized spacial score (nSPS) is 14.1. The maximum Gasteiger partial charge on any atom is 0.331 e. The van der Waals surface area contributed by atoms with Gasteiger partial charge in [-0.25, -0.2) is 4.79 Å². The monoisotopic (exact) mass is 400 g/mol. The van der Waals surface area contributed by atoms with E-state index < -0.39 is 36.0 Å². The highest BCUT2D eigenvalue weighted by molar-refractivity contribution is 5.92. The highest BCUT2D eigenvalue weighted by atomic mass is 16.6. The van der Waals surface area contributed by atoms with Crippen molar-refractivity contribution in [3.05, 3.63) is 65.7 Å². The van der Waals surface area contributed by atoms with Crippen molar-refractivity contribution >= 4 is 24.0 Å². The fraction of sp³-hybridized carbons (Fsp3) is 0.150. The van der Waals surface area contributed by atoms with Crippen LogP contribution in [0.25, 0.3) is 6.08 Å². The Bertz CT molecular complexity index is 916. The number of ether oxygens (including phenoxy) is 1. The zero-order chi connectivity index (χ0) is 21.6. The van der Waals surface area contributed by atoms with Crippen molar-refractivity contribution in [3.8, 4) is 11.5 Å². The molecule has 0 bridgehead atoms. The molecule has 0 radical (unpaired) electrons. The molecule has 2 aromatic rings. The second kappa shape index (κ2) is 8.89. The van der Waals surface area contributed by atoms with Crippen molar-refractivity contribution < 1.29 is 44.7 Å². The van der Waals surface area contributed by atoms with E-state index in [2.05, 4.69) is 4.74 Å². The molecular weight excluding hydrogens is 384 g/mol. The lowest BCUT2D eigenvalue weighted by molar-refractivity contribution is -0.345. The molecule has 0 fully saturated rings. The van der Waals surface area contributed by atoms with Crippen LogP contribution >= 0.6 is 0 Å². The van der Waals surface area contributed by atoms with Crippen LogP contribution in [0.2, 0.25) is 0 Å². The molecule has 3 N–H and O–H groups in total. The number of aliphatic carboxylic acids is 2. The van der Waals surface area contributed by atoms with Crippen LogP contribution in [0.5, 0.6) is 11.5 Å². The predicted molar refractivity (Wildman–Crippen MR) is 93.8 cm³/mol. The minimum absolute atomic E-state index is 0.00463. The molecule has 9 heteroatoms. The Kier molecular flexibility index (Phi) is 6.58. The van der Waals surface area contributed by atoms with E-state index in [4.69, 9.17) is 0 Å². The fourth-order valence-corrected chi connectivity index (χ4v) is 2.44. The molecule has 0 aliphatic heterocycles. The van der Waals surface area contributed by atoms with Crippen molar-refractivity contribution in [3.63, 3.8) is 0 Å². The Labute approximate surface area is 164 Å². The number of carboxylic acids is 2. The number of aliphatic hydroxyl groups is 1. The van der Waals surface area contributed by atoms with Gasteiger partial charge in [0.15, 0.2) is 6.10 Å². The molecule has 0 saturated carbocycles. The second-order valence-corrected chi connectivity index (χ2v) is 6.12. The SMILES string of the molecule is O=C(/C=C/c1ccc(O)cc1)O[C@H](C(=O)[O-])[C@](O)(Cc1ccc(O)cc1)C(=O)[O-]. The number of benzene rings is 2. The molecule has 0 aliphatic carbocycles. The van der Waals surface area contributed by atoms with Crippen molar-refractivity contribution in [2.24, 2.45) is 0 Å². The number of carboxylic acid groups (broad SMARTS) is 2. The van der Waals surface area contributed by atoms with Crippen LogP contribution in [0, 0.1) is 0 Å². The molecule has 2 atom stereocenters. The zero-order valence-corrected chi connectivity index (χ0v) is 14.8. The van der Waals surface area contributed by atoms with Crippen molar-refractivity contribution in [1.82, 2.24) is 0 Å².